The number of carbonyl (C=O) groups is 2. The minimum absolute atomic E-state index is 0.264. The van der Waals surface area contributed by atoms with Crippen LogP contribution in [0, 0.1) is 0 Å². The molecular weight excluding hydrogens is 488 g/mol. The van der Waals surface area contributed by atoms with E-state index in [0.717, 1.165) is 16.5 Å². The second-order valence-electron chi connectivity index (χ2n) is 7.50. The average Bonchev–Trinajstić information content (AvgIpc) is 2.84. The minimum atomic E-state index is -0.430. The highest BCUT2D eigenvalue weighted by Crippen LogP contribution is 2.37. The number of halogens is 1. The highest BCUT2D eigenvalue weighted by atomic mass is 79.9. The van der Waals surface area contributed by atoms with Gasteiger partial charge in [0.15, 0.2) is 0 Å². The van der Waals surface area contributed by atoms with Gasteiger partial charge < -0.3 is 24.4 Å². The number of anilines is 2. The first-order valence-corrected chi connectivity index (χ1v) is 11.5. The van der Waals surface area contributed by atoms with Crippen molar-refractivity contribution in [2.45, 2.75) is 6.92 Å². The van der Waals surface area contributed by atoms with E-state index in [2.05, 4.69) is 26.1 Å². The number of morpholine rings is 1. The van der Waals surface area contributed by atoms with Crippen molar-refractivity contribution in [3.63, 3.8) is 0 Å². The molecule has 8 heteroatoms. The van der Waals surface area contributed by atoms with E-state index in [1.165, 1.54) is 7.11 Å². The van der Waals surface area contributed by atoms with Crippen LogP contribution in [-0.4, -0.2) is 51.9 Å². The molecule has 0 aromatic heterocycles. The molecule has 0 spiro atoms. The smallest absolute Gasteiger partial charge is 0.340 e. The molecule has 1 aliphatic heterocycles. The Balaban J connectivity index is 1.68. The van der Waals surface area contributed by atoms with E-state index in [-0.39, 0.29) is 12.5 Å². The SMILES string of the molecule is CCOC(=O)c1cc(NC(=O)c2cc3ccccc3c(Br)c2OC)ccc1N1CCOCC1. The zero-order valence-corrected chi connectivity index (χ0v) is 20.1. The number of nitrogens with zero attached hydrogens (tertiary/aromatic N) is 1. The number of methoxy groups -OCH3 is 1. The van der Waals surface area contributed by atoms with Crippen LogP contribution in [0.4, 0.5) is 11.4 Å². The number of amides is 1. The molecule has 172 valence electrons. The Labute approximate surface area is 200 Å². The maximum absolute atomic E-state index is 13.2. The number of hydrogen-bond acceptors (Lipinski definition) is 6. The molecule has 33 heavy (non-hydrogen) atoms. The summed E-state index contributed by atoms with van der Waals surface area (Å²) in [5, 5.41) is 4.76. The standard InChI is InChI=1S/C25H25BrN2O5/c1-3-33-25(30)19-15-17(8-9-21(19)28-10-12-32-13-11-28)27-24(29)20-14-16-6-4-5-7-18(16)22(26)23(20)31-2/h4-9,14-15H,3,10-13H2,1-2H3,(H,27,29). The van der Waals surface area contributed by atoms with E-state index in [0.29, 0.717) is 53.3 Å². The highest BCUT2D eigenvalue weighted by Gasteiger charge is 2.22. The number of nitrogens with one attached hydrogen (secondary N) is 1. The van der Waals surface area contributed by atoms with Gasteiger partial charge in [-0.25, -0.2) is 4.79 Å². The lowest BCUT2D eigenvalue weighted by atomic mass is 10.0. The normalized spacial score (nSPS) is 13.6. The molecule has 0 saturated carbocycles. The number of hydrogen-bond donors (Lipinski definition) is 1. The van der Waals surface area contributed by atoms with E-state index < -0.39 is 5.97 Å². The van der Waals surface area contributed by atoms with Gasteiger partial charge in [0.05, 0.1) is 48.2 Å². The molecule has 7 nitrogen and oxygen atoms in total. The summed E-state index contributed by atoms with van der Waals surface area (Å²) in [5.41, 5.74) is 2.05. The molecule has 0 atom stereocenters. The quantitative estimate of drug-likeness (QED) is 0.474. The second kappa shape index (κ2) is 10.2. The molecule has 1 amide bonds. The molecule has 1 fully saturated rings. The molecular formula is C25H25BrN2O5. The molecule has 0 bridgehead atoms. The molecule has 1 aliphatic rings. The summed E-state index contributed by atoms with van der Waals surface area (Å²) in [7, 11) is 1.53. The summed E-state index contributed by atoms with van der Waals surface area (Å²) in [6, 6.07) is 14.8. The summed E-state index contributed by atoms with van der Waals surface area (Å²) in [6.45, 7) is 4.58. The van der Waals surface area contributed by atoms with E-state index >= 15 is 0 Å². The van der Waals surface area contributed by atoms with Gasteiger partial charge >= 0.3 is 5.97 Å². The maximum Gasteiger partial charge on any atom is 0.340 e. The lowest BCUT2D eigenvalue weighted by Gasteiger charge is -2.30. The van der Waals surface area contributed by atoms with Crippen molar-refractivity contribution in [1.29, 1.82) is 0 Å². The van der Waals surface area contributed by atoms with Gasteiger partial charge in [0.1, 0.15) is 5.75 Å². The number of carbonyl (C=O) groups excluding carboxylic acids is 2. The van der Waals surface area contributed by atoms with Crippen LogP contribution in [-0.2, 0) is 9.47 Å². The van der Waals surface area contributed by atoms with E-state index in [4.69, 9.17) is 14.2 Å². The fraction of sp³-hybridized carbons (Fsp3) is 0.280. The monoisotopic (exact) mass is 512 g/mol. The fourth-order valence-corrected chi connectivity index (χ4v) is 4.65. The topological polar surface area (TPSA) is 77.1 Å². The van der Waals surface area contributed by atoms with Crippen LogP contribution in [0.1, 0.15) is 27.6 Å². The second-order valence-corrected chi connectivity index (χ2v) is 8.29. The lowest BCUT2D eigenvalue weighted by molar-refractivity contribution is 0.0526. The van der Waals surface area contributed by atoms with Crippen LogP contribution in [0.2, 0.25) is 0 Å². The summed E-state index contributed by atoms with van der Waals surface area (Å²) in [4.78, 5) is 28.0. The number of rotatable bonds is 6. The van der Waals surface area contributed by atoms with Crippen molar-refractivity contribution in [2.75, 3.05) is 50.2 Å². The molecule has 3 aromatic carbocycles. The number of esters is 1. The summed E-state index contributed by atoms with van der Waals surface area (Å²) in [5.74, 6) is -0.324. The van der Waals surface area contributed by atoms with E-state index in [1.54, 1.807) is 25.1 Å². The zero-order chi connectivity index (χ0) is 23.4. The zero-order valence-electron chi connectivity index (χ0n) is 18.5. The van der Waals surface area contributed by atoms with Crippen LogP contribution in [0.15, 0.2) is 53.0 Å². The van der Waals surface area contributed by atoms with Gasteiger partial charge in [0.2, 0.25) is 0 Å². The average molecular weight is 513 g/mol. The highest BCUT2D eigenvalue weighted by molar-refractivity contribution is 9.10. The van der Waals surface area contributed by atoms with Crippen LogP contribution < -0.4 is 15.0 Å². The van der Waals surface area contributed by atoms with Gasteiger partial charge in [0, 0.05) is 18.8 Å². The van der Waals surface area contributed by atoms with Crippen molar-refractivity contribution < 1.29 is 23.8 Å². The molecule has 3 aromatic rings. The Morgan fingerprint density at radius 2 is 1.85 bits per heavy atom. The molecule has 0 aliphatic carbocycles. The first kappa shape index (κ1) is 23.1. The lowest BCUT2D eigenvalue weighted by Crippen LogP contribution is -2.37. The predicted molar refractivity (Wildman–Crippen MR) is 132 cm³/mol. The summed E-state index contributed by atoms with van der Waals surface area (Å²) >= 11 is 3.57. The number of fused-ring (bicyclic) bond motifs is 1. The third kappa shape index (κ3) is 4.82. The van der Waals surface area contributed by atoms with Gasteiger partial charge in [-0.3, -0.25) is 4.79 Å². The van der Waals surface area contributed by atoms with Crippen LogP contribution in [0.3, 0.4) is 0 Å². The van der Waals surface area contributed by atoms with Gasteiger partial charge in [-0.2, -0.15) is 0 Å². The Bertz CT molecular complexity index is 1190. The van der Waals surface area contributed by atoms with Crippen molar-refractivity contribution >= 4 is 50.0 Å². The predicted octanol–water partition coefficient (Wildman–Crippen LogP) is 4.88. The van der Waals surface area contributed by atoms with Gasteiger partial charge in [-0.05, 0) is 57.9 Å². The Kier molecular flexibility index (Phi) is 7.15. The van der Waals surface area contributed by atoms with Crippen molar-refractivity contribution in [2.24, 2.45) is 0 Å². The fourth-order valence-electron chi connectivity index (χ4n) is 3.92. The number of ether oxygens (including phenoxy) is 3. The van der Waals surface area contributed by atoms with Crippen molar-refractivity contribution in [3.8, 4) is 5.75 Å². The third-order valence-electron chi connectivity index (χ3n) is 5.49. The van der Waals surface area contributed by atoms with Crippen LogP contribution in [0.25, 0.3) is 10.8 Å². The van der Waals surface area contributed by atoms with Gasteiger partial charge in [-0.15, -0.1) is 0 Å². The molecule has 0 unspecified atom stereocenters. The molecule has 0 radical (unpaired) electrons. The Hall–Kier alpha value is -3.10. The van der Waals surface area contributed by atoms with E-state index in [9.17, 15) is 9.59 Å². The molecule has 1 N–H and O–H groups in total. The first-order chi connectivity index (χ1) is 16.0. The first-order valence-electron chi connectivity index (χ1n) is 10.7. The largest absolute Gasteiger partial charge is 0.495 e. The van der Waals surface area contributed by atoms with Gasteiger partial charge in [-0.1, -0.05) is 24.3 Å². The number of benzene rings is 3. The van der Waals surface area contributed by atoms with Crippen LogP contribution in [0.5, 0.6) is 5.75 Å². The molecule has 1 heterocycles. The van der Waals surface area contributed by atoms with E-state index in [1.807, 2.05) is 30.3 Å². The molecule has 4 rings (SSSR count). The van der Waals surface area contributed by atoms with Crippen molar-refractivity contribution in [3.05, 3.63) is 64.1 Å². The minimum Gasteiger partial charge on any atom is -0.495 e. The van der Waals surface area contributed by atoms with Gasteiger partial charge in [0.25, 0.3) is 5.91 Å². The maximum atomic E-state index is 13.2. The van der Waals surface area contributed by atoms with Crippen LogP contribution >= 0.6 is 15.9 Å². The third-order valence-corrected chi connectivity index (χ3v) is 6.28. The van der Waals surface area contributed by atoms with Crippen molar-refractivity contribution in [1.82, 2.24) is 0 Å². The summed E-state index contributed by atoms with van der Waals surface area (Å²) < 4.78 is 16.9. The summed E-state index contributed by atoms with van der Waals surface area (Å²) in [6.07, 6.45) is 0. The Morgan fingerprint density at radius 1 is 1.09 bits per heavy atom. The molecule has 1 saturated heterocycles. The Morgan fingerprint density at radius 3 is 2.58 bits per heavy atom.